The average molecular weight is 692 g/mol. The second-order valence-electron chi connectivity index (χ2n) is 13.9. The van der Waals surface area contributed by atoms with Crippen molar-refractivity contribution in [1.82, 2.24) is 24.8 Å². The largest absolute Gasteiger partial charge is 0.475 e. The van der Waals surface area contributed by atoms with E-state index in [1.165, 1.54) is 42.4 Å². The van der Waals surface area contributed by atoms with Crippen LogP contribution in [0.25, 0.3) is 11.3 Å². The number of hydrogen-bond donors (Lipinski definition) is 1. The molecule has 6 rings (SSSR count). The molecule has 0 spiro atoms. The summed E-state index contributed by atoms with van der Waals surface area (Å²) < 4.78 is 64.2. The quantitative estimate of drug-likeness (QED) is 0.267. The van der Waals surface area contributed by atoms with Crippen molar-refractivity contribution in [1.29, 1.82) is 0 Å². The van der Waals surface area contributed by atoms with E-state index in [4.69, 9.17) is 4.74 Å². The summed E-state index contributed by atoms with van der Waals surface area (Å²) in [6.07, 6.45) is 3.40. The third-order valence-corrected chi connectivity index (χ3v) is 10.1. The lowest BCUT2D eigenvalue weighted by molar-refractivity contribution is -0.0644. The lowest BCUT2D eigenvalue weighted by atomic mass is 9.87. The summed E-state index contributed by atoms with van der Waals surface area (Å²) in [5, 5.41) is 0. The normalized spacial score (nSPS) is 20.2. The summed E-state index contributed by atoms with van der Waals surface area (Å²) in [6, 6.07) is 11.6. The molecule has 11 nitrogen and oxygen atoms in total. The van der Waals surface area contributed by atoms with Crippen molar-refractivity contribution in [3.8, 4) is 17.1 Å². The molecule has 4 bridgehead atoms. The number of nitrogens with zero attached hydrogens (tertiary/aromatic N) is 6. The van der Waals surface area contributed by atoms with Crippen molar-refractivity contribution in [2.75, 3.05) is 22.8 Å². The highest BCUT2D eigenvalue weighted by atomic mass is 32.2. The second kappa shape index (κ2) is 12.6. The number of alkyl halides is 2. The van der Waals surface area contributed by atoms with Gasteiger partial charge in [-0.05, 0) is 61.9 Å². The predicted molar refractivity (Wildman–Crippen MR) is 181 cm³/mol. The van der Waals surface area contributed by atoms with Crippen LogP contribution in [0.3, 0.4) is 0 Å². The zero-order valence-electron chi connectivity index (χ0n) is 28.2. The second-order valence-corrected chi connectivity index (χ2v) is 15.6. The summed E-state index contributed by atoms with van der Waals surface area (Å²) >= 11 is 0. The molecule has 2 aliphatic heterocycles. The highest BCUT2D eigenvalue weighted by Gasteiger charge is 2.52. The topological polar surface area (TPSA) is 131 Å². The van der Waals surface area contributed by atoms with Gasteiger partial charge in [-0.2, -0.15) is 4.98 Å². The Kier molecular flexibility index (Phi) is 8.80. The number of carbonyl (C=O) groups is 1. The van der Waals surface area contributed by atoms with Crippen LogP contribution in [0.4, 0.5) is 20.5 Å². The van der Waals surface area contributed by atoms with Gasteiger partial charge < -0.3 is 14.5 Å². The minimum Gasteiger partial charge on any atom is -0.475 e. The molecule has 1 fully saturated rings. The van der Waals surface area contributed by atoms with Crippen LogP contribution in [0.15, 0.2) is 65.8 Å². The van der Waals surface area contributed by atoms with E-state index in [9.17, 15) is 22.0 Å². The first-order valence-electron chi connectivity index (χ1n) is 16.0. The molecule has 1 saturated heterocycles. The number of amides is 1. The van der Waals surface area contributed by atoms with Crippen molar-refractivity contribution >= 4 is 27.7 Å². The summed E-state index contributed by atoms with van der Waals surface area (Å²) in [4.78, 5) is 35.2. The SMILES string of the molecule is Cc1cccc(C)c1-c1cc2nc(n1)NS(=O)(=O)c1cccc(c1)C(=O)N(Cc1cncc(N3CC(F)(F)[C@H]3C)n1)[C@H](CC(C)(C)C)CO2. The van der Waals surface area contributed by atoms with E-state index in [0.717, 1.165) is 16.7 Å². The molecule has 49 heavy (non-hydrogen) atoms. The van der Waals surface area contributed by atoms with Crippen molar-refractivity contribution in [3.63, 3.8) is 0 Å². The molecule has 0 aliphatic carbocycles. The van der Waals surface area contributed by atoms with E-state index in [2.05, 4.69) is 24.7 Å². The zero-order chi connectivity index (χ0) is 35.3. The molecule has 258 valence electrons. The number of rotatable bonds is 5. The fraction of sp³-hybridized carbons (Fsp3) is 0.400. The molecule has 4 heterocycles. The number of anilines is 2. The highest BCUT2D eigenvalue weighted by molar-refractivity contribution is 7.92. The maximum atomic E-state index is 14.4. The van der Waals surface area contributed by atoms with E-state index < -0.39 is 40.5 Å². The number of fused-ring (bicyclic) bond motifs is 4. The molecule has 0 unspecified atom stereocenters. The molecule has 2 aromatic heterocycles. The summed E-state index contributed by atoms with van der Waals surface area (Å²) in [5.41, 5.74) is 3.39. The van der Waals surface area contributed by atoms with E-state index in [1.54, 1.807) is 17.0 Å². The standard InChI is InChI=1S/C35H39F2N7O4S/c1-21-9-7-10-22(2)31(21)28-14-30-41-33(40-28)42-49(46,47)27-12-8-11-24(13-27)32(45)43(26(19-48-30)15-34(4,5)6)18-25-16-38-17-29(39-25)44-20-35(36,37)23(44)3/h7-14,16-17,23,26H,15,18-20H2,1-6H3,(H,40,41,42)/t23-,26-/m1/s1. The maximum Gasteiger partial charge on any atom is 0.284 e. The van der Waals surface area contributed by atoms with Gasteiger partial charge in [0, 0.05) is 17.2 Å². The minimum atomic E-state index is -4.24. The number of aryl methyl sites for hydroxylation is 2. The van der Waals surface area contributed by atoms with Crippen molar-refractivity contribution in [2.45, 2.75) is 77.4 Å². The van der Waals surface area contributed by atoms with Crippen LogP contribution >= 0.6 is 0 Å². The lowest BCUT2D eigenvalue weighted by Crippen LogP contribution is -2.64. The maximum absolute atomic E-state index is 14.4. The van der Waals surface area contributed by atoms with Gasteiger partial charge in [0.15, 0.2) is 0 Å². The van der Waals surface area contributed by atoms with Gasteiger partial charge in [-0.25, -0.2) is 31.9 Å². The molecule has 4 aromatic rings. The Balaban J connectivity index is 1.46. The summed E-state index contributed by atoms with van der Waals surface area (Å²) in [6.45, 7) is 10.9. The summed E-state index contributed by atoms with van der Waals surface area (Å²) in [5.74, 6) is -3.06. The predicted octanol–water partition coefficient (Wildman–Crippen LogP) is 6.03. The van der Waals surface area contributed by atoms with Gasteiger partial charge in [-0.15, -0.1) is 0 Å². The molecule has 0 saturated carbocycles. The molecular weight excluding hydrogens is 652 g/mol. The lowest BCUT2D eigenvalue weighted by Gasteiger charge is -2.46. The minimum absolute atomic E-state index is 0.000594. The van der Waals surface area contributed by atoms with Gasteiger partial charge in [0.2, 0.25) is 11.8 Å². The third-order valence-electron chi connectivity index (χ3n) is 8.79. The first-order valence-corrected chi connectivity index (χ1v) is 17.5. The molecule has 2 aromatic carbocycles. The van der Waals surface area contributed by atoms with Crippen LogP contribution in [-0.4, -0.2) is 70.3 Å². The van der Waals surface area contributed by atoms with E-state index in [1.807, 2.05) is 52.8 Å². The number of ether oxygens (including phenoxy) is 1. The van der Waals surface area contributed by atoms with E-state index in [0.29, 0.717) is 17.8 Å². The number of carbonyl (C=O) groups excluding carboxylic acids is 1. The van der Waals surface area contributed by atoms with Crippen molar-refractivity contribution in [3.05, 3.63) is 83.3 Å². The molecule has 2 aliphatic rings. The van der Waals surface area contributed by atoms with Gasteiger partial charge in [-0.1, -0.05) is 45.0 Å². The number of sulfonamides is 1. The van der Waals surface area contributed by atoms with Crippen LogP contribution in [0, 0.1) is 19.3 Å². The van der Waals surface area contributed by atoms with Crippen LogP contribution in [-0.2, 0) is 16.6 Å². The zero-order valence-corrected chi connectivity index (χ0v) is 29.1. The Morgan fingerprint density at radius 3 is 2.41 bits per heavy atom. The number of halogens is 2. The van der Waals surface area contributed by atoms with Gasteiger partial charge in [0.1, 0.15) is 12.4 Å². The highest BCUT2D eigenvalue weighted by Crippen LogP contribution is 2.37. The number of hydrogen-bond acceptors (Lipinski definition) is 9. The van der Waals surface area contributed by atoms with Crippen molar-refractivity contribution < 1.29 is 26.7 Å². The number of aromatic nitrogens is 4. The molecule has 1 N–H and O–H groups in total. The van der Waals surface area contributed by atoms with Crippen LogP contribution in [0.5, 0.6) is 5.88 Å². The Morgan fingerprint density at radius 1 is 1.02 bits per heavy atom. The van der Waals surface area contributed by atoms with E-state index in [-0.39, 0.29) is 46.7 Å². The van der Waals surface area contributed by atoms with Crippen LogP contribution < -0.4 is 14.4 Å². The number of nitrogens with one attached hydrogen (secondary N) is 1. The van der Waals surface area contributed by atoms with Gasteiger partial charge >= 0.3 is 0 Å². The third kappa shape index (κ3) is 7.19. The summed E-state index contributed by atoms with van der Waals surface area (Å²) in [7, 11) is -4.24. The van der Waals surface area contributed by atoms with Crippen molar-refractivity contribution in [2.24, 2.45) is 5.41 Å². The molecule has 1 amide bonds. The molecule has 0 radical (unpaired) electrons. The van der Waals surface area contributed by atoms with Gasteiger partial charge in [0.05, 0.1) is 53.9 Å². The fourth-order valence-corrected chi connectivity index (χ4v) is 7.21. The van der Waals surface area contributed by atoms with Gasteiger partial charge in [0.25, 0.3) is 21.9 Å². The Bertz CT molecular complexity index is 2000. The Hall–Kier alpha value is -4.72. The van der Waals surface area contributed by atoms with Gasteiger partial charge in [-0.3, -0.25) is 9.78 Å². The molecule has 2 atom stereocenters. The van der Waals surface area contributed by atoms with Crippen LogP contribution in [0.1, 0.15) is 61.3 Å². The Labute approximate surface area is 284 Å². The van der Waals surface area contributed by atoms with E-state index >= 15 is 0 Å². The molecule has 14 heteroatoms. The molecular formula is C35H39F2N7O4S. The fourth-order valence-electron chi connectivity index (χ4n) is 6.22. The number of benzene rings is 2. The average Bonchev–Trinajstić information content (AvgIpc) is 3.03. The smallest absolute Gasteiger partial charge is 0.284 e. The Morgan fingerprint density at radius 2 is 1.73 bits per heavy atom. The monoisotopic (exact) mass is 691 g/mol. The first-order chi connectivity index (χ1) is 23.0. The first kappa shape index (κ1) is 34.2. The van der Waals surface area contributed by atoms with Crippen LogP contribution in [0.2, 0.25) is 0 Å².